The van der Waals surface area contributed by atoms with Crippen molar-refractivity contribution in [3.8, 4) is 0 Å². The molecule has 0 bridgehead atoms. The van der Waals surface area contributed by atoms with Crippen LogP contribution >= 0.6 is 27.5 Å². The third-order valence-corrected chi connectivity index (χ3v) is 3.49. The van der Waals surface area contributed by atoms with E-state index in [9.17, 15) is 0 Å². The molecule has 0 aliphatic carbocycles. The lowest BCUT2D eigenvalue weighted by atomic mass is 10.1. The minimum Gasteiger partial charge on any atom is -0.353 e. The van der Waals surface area contributed by atoms with Crippen molar-refractivity contribution in [2.24, 2.45) is 5.92 Å². The summed E-state index contributed by atoms with van der Waals surface area (Å²) >= 11 is 9.27. The Hall–Kier alpha value is -0.350. The molecular formula is C10H13BrClN3. The monoisotopic (exact) mass is 289 g/mol. The van der Waals surface area contributed by atoms with Crippen LogP contribution in [0.15, 0.2) is 10.7 Å². The highest BCUT2D eigenvalue weighted by Crippen LogP contribution is 2.32. The summed E-state index contributed by atoms with van der Waals surface area (Å²) in [5.41, 5.74) is 0. The molecule has 2 unspecified atom stereocenters. The van der Waals surface area contributed by atoms with Crippen molar-refractivity contribution in [3.63, 3.8) is 0 Å². The molecule has 0 aromatic carbocycles. The number of rotatable bonds is 1. The lowest BCUT2D eigenvalue weighted by Crippen LogP contribution is -2.28. The molecule has 2 heterocycles. The van der Waals surface area contributed by atoms with Crippen LogP contribution in [0.3, 0.4) is 0 Å². The Morgan fingerprint density at radius 1 is 1.53 bits per heavy atom. The van der Waals surface area contributed by atoms with Crippen molar-refractivity contribution < 1.29 is 0 Å². The van der Waals surface area contributed by atoms with Crippen LogP contribution < -0.4 is 4.90 Å². The van der Waals surface area contributed by atoms with Crippen LogP contribution in [0.1, 0.15) is 20.3 Å². The highest BCUT2D eigenvalue weighted by Gasteiger charge is 2.28. The number of aromatic nitrogens is 2. The van der Waals surface area contributed by atoms with Crippen LogP contribution in [0, 0.1) is 5.92 Å². The molecule has 82 valence electrons. The number of halogens is 2. The average Bonchev–Trinajstić information content (AvgIpc) is 2.50. The Morgan fingerprint density at radius 2 is 2.27 bits per heavy atom. The molecule has 0 radical (unpaired) electrons. The normalized spacial score (nSPS) is 26.0. The fourth-order valence-electron chi connectivity index (χ4n) is 2.13. The third kappa shape index (κ3) is 2.26. The lowest BCUT2D eigenvalue weighted by molar-refractivity contribution is 0.625. The molecule has 3 nitrogen and oxygen atoms in total. The zero-order valence-electron chi connectivity index (χ0n) is 8.74. The second-order valence-corrected chi connectivity index (χ2v) is 5.35. The molecule has 2 atom stereocenters. The van der Waals surface area contributed by atoms with Crippen molar-refractivity contribution in [2.75, 3.05) is 11.4 Å². The van der Waals surface area contributed by atoms with Gasteiger partial charge in [-0.15, -0.1) is 0 Å². The number of hydrogen-bond donors (Lipinski definition) is 0. The van der Waals surface area contributed by atoms with Gasteiger partial charge in [-0.3, -0.25) is 0 Å². The van der Waals surface area contributed by atoms with E-state index in [0.717, 1.165) is 16.8 Å². The molecule has 0 spiro atoms. The van der Waals surface area contributed by atoms with Gasteiger partial charge in [-0.2, -0.15) is 4.98 Å². The Morgan fingerprint density at radius 3 is 2.87 bits per heavy atom. The minimum absolute atomic E-state index is 0.306. The van der Waals surface area contributed by atoms with Gasteiger partial charge in [0.15, 0.2) is 0 Å². The maximum atomic E-state index is 5.81. The second-order valence-electron chi connectivity index (χ2n) is 4.15. The molecule has 1 aromatic rings. The van der Waals surface area contributed by atoms with Crippen LogP contribution in [-0.4, -0.2) is 22.6 Å². The molecule has 5 heteroatoms. The highest BCUT2D eigenvalue weighted by atomic mass is 79.9. The van der Waals surface area contributed by atoms with Gasteiger partial charge in [-0.1, -0.05) is 6.92 Å². The number of hydrogen-bond acceptors (Lipinski definition) is 3. The topological polar surface area (TPSA) is 29.0 Å². The SMILES string of the molecule is CC1CC(C)N(c2nc(Cl)ncc2Br)C1. The van der Waals surface area contributed by atoms with Gasteiger partial charge in [-0.05, 0) is 46.8 Å². The number of nitrogens with zero attached hydrogens (tertiary/aromatic N) is 3. The summed E-state index contributed by atoms with van der Waals surface area (Å²) in [6.45, 7) is 5.51. The van der Waals surface area contributed by atoms with Gasteiger partial charge in [0.1, 0.15) is 5.82 Å². The first-order valence-corrected chi connectivity index (χ1v) is 6.19. The first kappa shape index (κ1) is 11.1. The lowest BCUT2D eigenvalue weighted by Gasteiger charge is -2.23. The fraction of sp³-hybridized carbons (Fsp3) is 0.600. The Kier molecular flexibility index (Phi) is 3.16. The summed E-state index contributed by atoms with van der Waals surface area (Å²) in [4.78, 5) is 10.5. The summed E-state index contributed by atoms with van der Waals surface area (Å²) in [5, 5.41) is 0.306. The Balaban J connectivity index is 2.32. The number of anilines is 1. The van der Waals surface area contributed by atoms with E-state index in [4.69, 9.17) is 11.6 Å². The van der Waals surface area contributed by atoms with Gasteiger partial charge in [0.2, 0.25) is 5.28 Å². The van der Waals surface area contributed by atoms with Gasteiger partial charge in [-0.25, -0.2) is 4.98 Å². The van der Waals surface area contributed by atoms with Crippen LogP contribution in [0.5, 0.6) is 0 Å². The van der Waals surface area contributed by atoms with E-state index >= 15 is 0 Å². The molecule has 2 rings (SSSR count). The van der Waals surface area contributed by atoms with Gasteiger partial charge in [0.05, 0.1) is 4.47 Å². The van der Waals surface area contributed by atoms with Crippen molar-refractivity contribution in [2.45, 2.75) is 26.3 Å². The summed E-state index contributed by atoms with van der Waals surface area (Å²) in [6.07, 6.45) is 2.91. The van der Waals surface area contributed by atoms with E-state index in [1.165, 1.54) is 6.42 Å². The summed E-state index contributed by atoms with van der Waals surface area (Å²) in [6, 6.07) is 0.516. The standard InChI is InChI=1S/C10H13BrClN3/c1-6-3-7(2)15(5-6)9-8(11)4-13-10(12)14-9/h4,6-7H,3,5H2,1-2H3. The molecule has 1 aliphatic rings. The second kappa shape index (κ2) is 4.26. The van der Waals surface area contributed by atoms with E-state index in [-0.39, 0.29) is 0 Å². The first-order valence-electron chi connectivity index (χ1n) is 5.02. The van der Waals surface area contributed by atoms with Crippen molar-refractivity contribution in [3.05, 3.63) is 16.0 Å². The van der Waals surface area contributed by atoms with E-state index in [0.29, 0.717) is 17.2 Å². The smallest absolute Gasteiger partial charge is 0.224 e. The molecule has 0 saturated carbocycles. The summed E-state index contributed by atoms with van der Waals surface area (Å²) < 4.78 is 0.910. The maximum absolute atomic E-state index is 5.81. The van der Waals surface area contributed by atoms with Crippen molar-refractivity contribution >= 4 is 33.3 Å². The average molecular weight is 291 g/mol. The largest absolute Gasteiger partial charge is 0.353 e. The fourth-order valence-corrected chi connectivity index (χ4v) is 2.68. The third-order valence-electron chi connectivity index (χ3n) is 2.75. The Bertz CT molecular complexity index is 372. The van der Waals surface area contributed by atoms with E-state index in [1.54, 1.807) is 6.20 Å². The summed E-state index contributed by atoms with van der Waals surface area (Å²) in [7, 11) is 0. The molecule has 0 N–H and O–H groups in total. The summed E-state index contributed by atoms with van der Waals surface area (Å²) in [5.74, 6) is 1.62. The van der Waals surface area contributed by atoms with Gasteiger partial charge < -0.3 is 4.90 Å². The Labute approximate surface area is 103 Å². The van der Waals surface area contributed by atoms with E-state index in [2.05, 4.69) is 44.6 Å². The van der Waals surface area contributed by atoms with Crippen LogP contribution in [0.2, 0.25) is 5.28 Å². The molecule has 0 amide bonds. The molecule has 1 aromatic heterocycles. The molecular weight excluding hydrogens is 277 g/mol. The van der Waals surface area contributed by atoms with Crippen molar-refractivity contribution in [1.29, 1.82) is 0 Å². The van der Waals surface area contributed by atoms with E-state index < -0.39 is 0 Å². The molecule has 15 heavy (non-hydrogen) atoms. The first-order chi connectivity index (χ1) is 7.08. The minimum atomic E-state index is 0.306. The van der Waals surface area contributed by atoms with Crippen LogP contribution in [0.25, 0.3) is 0 Å². The predicted molar refractivity (Wildman–Crippen MR) is 65.3 cm³/mol. The molecule has 1 fully saturated rings. The van der Waals surface area contributed by atoms with E-state index in [1.807, 2.05) is 0 Å². The molecule has 1 saturated heterocycles. The van der Waals surface area contributed by atoms with Crippen molar-refractivity contribution in [1.82, 2.24) is 9.97 Å². The van der Waals surface area contributed by atoms with Gasteiger partial charge >= 0.3 is 0 Å². The van der Waals surface area contributed by atoms with Gasteiger partial charge in [0.25, 0.3) is 0 Å². The predicted octanol–water partition coefficient (Wildman–Crippen LogP) is 3.13. The maximum Gasteiger partial charge on any atom is 0.224 e. The quantitative estimate of drug-likeness (QED) is 0.744. The molecule has 1 aliphatic heterocycles. The van der Waals surface area contributed by atoms with Crippen LogP contribution in [-0.2, 0) is 0 Å². The van der Waals surface area contributed by atoms with Gasteiger partial charge in [0, 0.05) is 18.8 Å². The van der Waals surface area contributed by atoms with Crippen LogP contribution in [0.4, 0.5) is 5.82 Å². The zero-order chi connectivity index (χ0) is 11.0. The highest BCUT2D eigenvalue weighted by molar-refractivity contribution is 9.10. The zero-order valence-corrected chi connectivity index (χ0v) is 11.1.